The Morgan fingerprint density at radius 3 is 2.62 bits per heavy atom. The zero-order valence-electron chi connectivity index (χ0n) is 8.71. The smallest absolute Gasteiger partial charge is 0.0679 e. The molecule has 1 N–H and O–H groups in total. The maximum absolute atomic E-state index is 3.61. The Balaban J connectivity index is 2.41. The molecule has 0 radical (unpaired) electrons. The highest BCUT2D eigenvalue weighted by molar-refractivity contribution is 9.11. The van der Waals surface area contributed by atoms with Gasteiger partial charge in [-0.3, -0.25) is 0 Å². The van der Waals surface area contributed by atoms with Gasteiger partial charge in [-0.2, -0.15) is 0 Å². The number of hydrogen-bond acceptors (Lipinski definition) is 2. The zero-order valence-corrected chi connectivity index (χ0v) is 12.7. The van der Waals surface area contributed by atoms with E-state index in [2.05, 4.69) is 72.9 Å². The number of rotatable bonds is 3. The van der Waals surface area contributed by atoms with Crippen molar-refractivity contribution >= 4 is 43.2 Å². The van der Waals surface area contributed by atoms with Crippen molar-refractivity contribution in [1.29, 1.82) is 0 Å². The molecule has 16 heavy (non-hydrogen) atoms. The first-order valence-corrected chi connectivity index (χ1v) is 7.34. The van der Waals surface area contributed by atoms with Crippen molar-refractivity contribution in [1.82, 2.24) is 5.32 Å². The van der Waals surface area contributed by atoms with Crippen molar-refractivity contribution in [2.45, 2.75) is 6.04 Å². The van der Waals surface area contributed by atoms with Crippen LogP contribution in [-0.4, -0.2) is 7.05 Å². The summed E-state index contributed by atoms with van der Waals surface area (Å²) >= 11 is 8.85. The molecule has 2 rings (SSSR count). The van der Waals surface area contributed by atoms with Gasteiger partial charge in [0, 0.05) is 13.8 Å². The van der Waals surface area contributed by atoms with Crippen LogP contribution < -0.4 is 5.32 Å². The van der Waals surface area contributed by atoms with Crippen LogP contribution in [0.25, 0.3) is 0 Å². The van der Waals surface area contributed by atoms with Crippen LogP contribution in [0.15, 0.2) is 44.7 Å². The van der Waals surface area contributed by atoms with Crippen LogP contribution in [0, 0.1) is 0 Å². The van der Waals surface area contributed by atoms with E-state index in [1.165, 1.54) is 10.4 Å². The molecule has 0 aliphatic heterocycles. The topological polar surface area (TPSA) is 12.0 Å². The quantitative estimate of drug-likeness (QED) is 0.844. The van der Waals surface area contributed by atoms with Gasteiger partial charge in [0.25, 0.3) is 0 Å². The monoisotopic (exact) mass is 359 g/mol. The van der Waals surface area contributed by atoms with Crippen molar-refractivity contribution in [2.24, 2.45) is 0 Å². The number of thiophene rings is 1. The molecule has 0 fully saturated rings. The molecule has 0 spiro atoms. The number of benzene rings is 1. The predicted molar refractivity (Wildman–Crippen MR) is 77.1 cm³/mol. The normalized spacial score (nSPS) is 12.7. The number of hydrogen-bond donors (Lipinski definition) is 1. The lowest BCUT2D eigenvalue weighted by Crippen LogP contribution is -2.16. The molecule has 0 saturated carbocycles. The van der Waals surface area contributed by atoms with Crippen LogP contribution in [0.1, 0.15) is 16.5 Å². The van der Waals surface area contributed by atoms with Gasteiger partial charge in [0.05, 0.1) is 6.04 Å². The lowest BCUT2D eigenvalue weighted by Gasteiger charge is -2.16. The maximum Gasteiger partial charge on any atom is 0.0679 e. The Bertz CT molecular complexity index is 468. The number of nitrogens with one attached hydrogen (secondary N) is 1. The highest BCUT2D eigenvalue weighted by Crippen LogP contribution is 2.32. The second-order valence-electron chi connectivity index (χ2n) is 3.40. The zero-order chi connectivity index (χ0) is 11.5. The lowest BCUT2D eigenvalue weighted by atomic mass is 10.1. The summed E-state index contributed by atoms with van der Waals surface area (Å²) in [7, 11) is 1.98. The Morgan fingerprint density at radius 1 is 1.25 bits per heavy atom. The van der Waals surface area contributed by atoms with Gasteiger partial charge in [-0.15, -0.1) is 11.3 Å². The maximum atomic E-state index is 3.61. The van der Waals surface area contributed by atoms with Crippen LogP contribution in [0.5, 0.6) is 0 Å². The molecule has 2 aromatic rings. The first-order valence-electron chi connectivity index (χ1n) is 4.88. The Kier molecular flexibility index (Phi) is 4.19. The molecular weight excluding hydrogens is 350 g/mol. The summed E-state index contributed by atoms with van der Waals surface area (Å²) in [6.45, 7) is 0. The van der Waals surface area contributed by atoms with Gasteiger partial charge < -0.3 is 5.32 Å². The third-order valence-corrected chi connectivity index (χ3v) is 4.51. The van der Waals surface area contributed by atoms with Crippen molar-refractivity contribution in [2.75, 3.05) is 7.05 Å². The van der Waals surface area contributed by atoms with Gasteiger partial charge in [0.1, 0.15) is 0 Å². The highest BCUT2D eigenvalue weighted by atomic mass is 79.9. The molecule has 1 nitrogen and oxygen atoms in total. The van der Waals surface area contributed by atoms with Gasteiger partial charge in [0.15, 0.2) is 0 Å². The predicted octanol–water partition coefficient (Wildman–Crippen LogP) is 4.58. The molecule has 1 unspecified atom stereocenters. The molecular formula is C12H11Br2NS. The van der Waals surface area contributed by atoms with Gasteiger partial charge in [-0.25, -0.2) is 0 Å². The average Bonchev–Trinajstić information content (AvgIpc) is 2.75. The largest absolute Gasteiger partial charge is 0.309 e. The van der Waals surface area contributed by atoms with Crippen LogP contribution in [0.2, 0.25) is 0 Å². The molecule has 0 saturated heterocycles. The van der Waals surface area contributed by atoms with Gasteiger partial charge in [-0.1, -0.05) is 44.0 Å². The summed E-state index contributed by atoms with van der Waals surface area (Å²) in [4.78, 5) is 1.32. The van der Waals surface area contributed by atoms with E-state index in [4.69, 9.17) is 0 Å². The summed E-state index contributed by atoms with van der Waals surface area (Å²) in [6, 6.07) is 10.8. The molecule has 1 aromatic heterocycles. The molecule has 0 aliphatic carbocycles. The van der Waals surface area contributed by atoms with Crippen molar-refractivity contribution < 1.29 is 0 Å². The van der Waals surface area contributed by atoms with E-state index < -0.39 is 0 Å². The van der Waals surface area contributed by atoms with Crippen molar-refractivity contribution in [3.05, 3.63) is 55.1 Å². The minimum atomic E-state index is 0.252. The summed E-state index contributed by atoms with van der Waals surface area (Å²) in [5.74, 6) is 0. The SMILES string of the molecule is CNC(c1cccs1)c1ccc(Br)cc1Br. The Hall–Kier alpha value is -0.160. The Morgan fingerprint density at radius 2 is 2.06 bits per heavy atom. The highest BCUT2D eigenvalue weighted by Gasteiger charge is 2.15. The second-order valence-corrected chi connectivity index (χ2v) is 6.15. The molecule has 0 amide bonds. The molecule has 0 aliphatic rings. The third kappa shape index (κ3) is 2.56. The molecule has 84 valence electrons. The Labute approximate surface area is 116 Å². The summed E-state index contributed by atoms with van der Waals surface area (Å²) in [5.41, 5.74) is 1.26. The van der Waals surface area contributed by atoms with Crippen LogP contribution in [-0.2, 0) is 0 Å². The van der Waals surface area contributed by atoms with E-state index in [9.17, 15) is 0 Å². The van der Waals surface area contributed by atoms with E-state index in [0.717, 1.165) is 8.95 Å². The van der Waals surface area contributed by atoms with E-state index >= 15 is 0 Å². The third-order valence-electron chi connectivity index (χ3n) is 2.39. The molecule has 0 bridgehead atoms. The van der Waals surface area contributed by atoms with Crippen molar-refractivity contribution in [3.63, 3.8) is 0 Å². The van der Waals surface area contributed by atoms with Crippen molar-refractivity contribution in [3.8, 4) is 0 Å². The second kappa shape index (κ2) is 5.45. The van der Waals surface area contributed by atoms with E-state index in [1.54, 1.807) is 11.3 Å². The summed E-state index contributed by atoms with van der Waals surface area (Å²) < 4.78 is 2.21. The molecule has 4 heteroatoms. The lowest BCUT2D eigenvalue weighted by molar-refractivity contribution is 0.701. The fourth-order valence-corrected chi connectivity index (χ4v) is 3.77. The molecule has 1 atom stereocenters. The standard InChI is InChI=1S/C12H11Br2NS/c1-15-12(11-3-2-6-16-11)9-5-4-8(13)7-10(9)14/h2-7,12,15H,1H3. The van der Waals surface area contributed by atoms with Crippen LogP contribution in [0.3, 0.4) is 0 Å². The number of halogens is 2. The molecule has 1 aromatic carbocycles. The first kappa shape index (κ1) is 12.3. The fourth-order valence-electron chi connectivity index (χ4n) is 1.64. The van der Waals surface area contributed by atoms with E-state index in [1.807, 2.05) is 7.05 Å². The van der Waals surface area contributed by atoms with Gasteiger partial charge in [-0.05, 0) is 36.2 Å². The first-order chi connectivity index (χ1) is 7.72. The van der Waals surface area contributed by atoms with Gasteiger partial charge >= 0.3 is 0 Å². The van der Waals surface area contributed by atoms with E-state index in [-0.39, 0.29) is 6.04 Å². The fraction of sp³-hybridized carbons (Fsp3) is 0.167. The summed E-state index contributed by atoms with van der Waals surface area (Å²) in [5, 5.41) is 5.45. The average molecular weight is 361 g/mol. The van der Waals surface area contributed by atoms with E-state index in [0.29, 0.717) is 0 Å². The van der Waals surface area contributed by atoms with Gasteiger partial charge in [0.2, 0.25) is 0 Å². The minimum absolute atomic E-state index is 0.252. The van der Waals surface area contributed by atoms with Crippen LogP contribution in [0.4, 0.5) is 0 Å². The van der Waals surface area contributed by atoms with Crippen LogP contribution >= 0.6 is 43.2 Å². The summed E-state index contributed by atoms with van der Waals surface area (Å²) in [6.07, 6.45) is 0. The minimum Gasteiger partial charge on any atom is -0.309 e. The molecule has 1 heterocycles.